The van der Waals surface area contributed by atoms with Crippen LogP contribution in [0, 0.1) is 12.7 Å². The van der Waals surface area contributed by atoms with E-state index in [0.29, 0.717) is 16.9 Å². The van der Waals surface area contributed by atoms with Crippen LogP contribution in [0.15, 0.2) is 18.2 Å². The number of nitrogens with zero attached hydrogens (tertiary/aromatic N) is 3. The zero-order chi connectivity index (χ0) is 14.2. The van der Waals surface area contributed by atoms with Crippen LogP contribution in [0.25, 0.3) is 5.69 Å². The molecule has 102 valence electrons. The third-order valence-corrected chi connectivity index (χ3v) is 3.00. The van der Waals surface area contributed by atoms with Gasteiger partial charge in [0.05, 0.1) is 18.0 Å². The highest BCUT2D eigenvalue weighted by molar-refractivity contribution is 5.38. The first-order valence-electron chi connectivity index (χ1n) is 6.17. The first kappa shape index (κ1) is 13.7. The lowest BCUT2D eigenvalue weighted by molar-refractivity contribution is 0.273. The molecule has 0 aliphatic heterocycles. The molecule has 0 saturated heterocycles. The van der Waals surface area contributed by atoms with Crippen molar-refractivity contribution < 1.29 is 9.50 Å². The summed E-state index contributed by atoms with van der Waals surface area (Å²) in [6.45, 7) is 7.55. The number of rotatable bonds is 2. The van der Waals surface area contributed by atoms with Gasteiger partial charge in [-0.25, -0.2) is 9.07 Å². The second-order valence-electron chi connectivity index (χ2n) is 5.64. The summed E-state index contributed by atoms with van der Waals surface area (Å²) >= 11 is 0. The van der Waals surface area contributed by atoms with Gasteiger partial charge in [0.25, 0.3) is 0 Å². The molecular formula is C14H18FN3O. The summed E-state index contributed by atoms with van der Waals surface area (Å²) in [7, 11) is 0. The summed E-state index contributed by atoms with van der Waals surface area (Å²) < 4.78 is 15.3. The van der Waals surface area contributed by atoms with Crippen LogP contribution < -0.4 is 0 Å². The van der Waals surface area contributed by atoms with E-state index in [1.54, 1.807) is 23.7 Å². The largest absolute Gasteiger partial charge is 0.390 e. The fraction of sp³-hybridized carbons (Fsp3) is 0.429. The van der Waals surface area contributed by atoms with E-state index in [0.717, 1.165) is 5.69 Å². The molecule has 0 radical (unpaired) electrons. The summed E-state index contributed by atoms with van der Waals surface area (Å²) in [4.78, 5) is 0. The lowest BCUT2D eigenvalue weighted by atomic mass is 9.90. The molecule has 5 heteroatoms. The minimum atomic E-state index is -0.279. The van der Waals surface area contributed by atoms with E-state index in [2.05, 4.69) is 10.3 Å². The standard InChI is InChI=1S/C14H18FN3O/c1-9-5-6-10(7-11(9)15)18-13(14(2,3)4)12(8-19)16-17-18/h5-7,19H,8H2,1-4H3. The van der Waals surface area contributed by atoms with Crippen molar-refractivity contribution in [2.24, 2.45) is 0 Å². The molecule has 0 atom stereocenters. The van der Waals surface area contributed by atoms with Crippen molar-refractivity contribution >= 4 is 0 Å². The summed E-state index contributed by atoms with van der Waals surface area (Å²) in [5.41, 5.74) is 2.26. The van der Waals surface area contributed by atoms with Crippen molar-refractivity contribution in [3.8, 4) is 5.69 Å². The van der Waals surface area contributed by atoms with E-state index in [1.807, 2.05) is 20.8 Å². The summed E-state index contributed by atoms with van der Waals surface area (Å²) in [6.07, 6.45) is 0. The smallest absolute Gasteiger partial charge is 0.128 e. The minimum absolute atomic E-state index is 0.180. The van der Waals surface area contributed by atoms with Gasteiger partial charge in [0, 0.05) is 5.41 Å². The van der Waals surface area contributed by atoms with Crippen LogP contribution in [0.3, 0.4) is 0 Å². The number of aryl methyl sites for hydroxylation is 1. The third-order valence-electron chi connectivity index (χ3n) is 3.00. The van der Waals surface area contributed by atoms with Gasteiger partial charge in [0.1, 0.15) is 11.5 Å². The number of hydrogen-bond donors (Lipinski definition) is 1. The van der Waals surface area contributed by atoms with Gasteiger partial charge >= 0.3 is 0 Å². The molecule has 0 fully saturated rings. The highest BCUT2D eigenvalue weighted by Gasteiger charge is 2.25. The second kappa shape index (κ2) is 4.74. The molecule has 0 spiro atoms. The van der Waals surface area contributed by atoms with Crippen molar-refractivity contribution in [1.29, 1.82) is 0 Å². The van der Waals surface area contributed by atoms with Crippen LogP contribution in [0.4, 0.5) is 4.39 Å². The van der Waals surface area contributed by atoms with Crippen molar-refractivity contribution in [2.75, 3.05) is 0 Å². The zero-order valence-corrected chi connectivity index (χ0v) is 11.6. The van der Waals surface area contributed by atoms with Crippen LogP contribution in [0.1, 0.15) is 37.7 Å². The average molecular weight is 263 g/mol. The van der Waals surface area contributed by atoms with Crippen molar-refractivity contribution in [3.05, 3.63) is 41.0 Å². The maximum Gasteiger partial charge on any atom is 0.128 e. The Morgan fingerprint density at radius 1 is 1.32 bits per heavy atom. The van der Waals surface area contributed by atoms with E-state index in [4.69, 9.17) is 0 Å². The van der Waals surface area contributed by atoms with E-state index < -0.39 is 0 Å². The van der Waals surface area contributed by atoms with Crippen molar-refractivity contribution in [1.82, 2.24) is 15.0 Å². The molecule has 2 rings (SSSR count). The fourth-order valence-electron chi connectivity index (χ4n) is 2.06. The molecule has 1 aromatic heterocycles. The predicted octanol–water partition coefficient (Wildman–Crippen LogP) is 2.50. The lowest BCUT2D eigenvalue weighted by Crippen LogP contribution is -2.19. The van der Waals surface area contributed by atoms with E-state index in [-0.39, 0.29) is 17.8 Å². The van der Waals surface area contributed by atoms with Gasteiger partial charge in [-0.05, 0) is 24.6 Å². The Morgan fingerprint density at radius 3 is 2.53 bits per heavy atom. The lowest BCUT2D eigenvalue weighted by Gasteiger charge is -2.21. The zero-order valence-electron chi connectivity index (χ0n) is 11.6. The van der Waals surface area contributed by atoms with Crippen LogP contribution in [-0.2, 0) is 12.0 Å². The molecule has 0 saturated carbocycles. The third kappa shape index (κ3) is 2.51. The Labute approximate surface area is 111 Å². The average Bonchev–Trinajstić information content (AvgIpc) is 2.76. The molecule has 0 bridgehead atoms. The maximum atomic E-state index is 13.7. The molecule has 2 aromatic rings. The Hall–Kier alpha value is -1.75. The van der Waals surface area contributed by atoms with Crippen LogP contribution in [0.2, 0.25) is 0 Å². The van der Waals surface area contributed by atoms with Gasteiger partial charge < -0.3 is 5.11 Å². The summed E-state index contributed by atoms with van der Waals surface area (Å²) in [6, 6.07) is 4.93. The summed E-state index contributed by atoms with van der Waals surface area (Å²) in [5, 5.41) is 17.4. The van der Waals surface area contributed by atoms with Gasteiger partial charge in [0.2, 0.25) is 0 Å². The highest BCUT2D eigenvalue weighted by Crippen LogP contribution is 2.27. The second-order valence-corrected chi connectivity index (χ2v) is 5.64. The minimum Gasteiger partial charge on any atom is -0.390 e. The Bertz CT molecular complexity index is 599. The summed E-state index contributed by atoms with van der Waals surface area (Å²) in [5.74, 6) is -0.279. The number of halogens is 1. The topological polar surface area (TPSA) is 50.9 Å². The quantitative estimate of drug-likeness (QED) is 0.905. The molecule has 1 N–H and O–H groups in total. The molecule has 0 unspecified atom stereocenters. The molecule has 0 aliphatic carbocycles. The number of aliphatic hydroxyl groups is 1. The highest BCUT2D eigenvalue weighted by atomic mass is 19.1. The SMILES string of the molecule is Cc1ccc(-n2nnc(CO)c2C(C)(C)C)cc1F. The Kier molecular flexibility index (Phi) is 3.41. The molecule has 4 nitrogen and oxygen atoms in total. The predicted molar refractivity (Wildman–Crippen MR) is 70.7 cm³/mol. The first-order valence-corrected chi connectivity index (χ1v) is 6.17. The first-order chi connectivity index (χ1) is 8.84. The van der Waals surface area contributed by atoms with E-state index >= 15 is 0 Å². The molecule has 0 aliphatic rings. The van der Waals surface area contributed by atoms with Crippen LogP contribution in [-0.4, -0.2) is 20.1 Å². The molecule has 0 amide bonds. The monoisotopic (exact) mass is 263 g/mol. The van der Waals surface area contributed by atoms with E-state index in [1.165, 1.54) is 6.07 Å². The number of hydrogen-bond acceptors (Lipinski definition) is 3. The fourth-order valence-corrected chi connectivity index (χ4v) is 2.06. The van der Waals surface area contributed by atoms with Crippen LogP contribution >= 0.6 is 0 Å². The molecular weight excluding hydrogens is 245 g/mol. The van der Waals surface area contributed by atoms with Crippen molar-refractivity contribution in [3.63, 3.8) is 0 Å². The normalized spacial score (nSPS) is 11.9. The van der Waals surface area contributed by atoms with E-state index in [9.17, 15) is 9.50 Å². The van der Waals surface area contributed by atoms with Gasteiger partial charge in [-0.2, -0.15) is 0 Å². The maximum absolute atomic E-state index is 13.7. The van der Waals surface area contributed by atoms with Gasteiger partial charge in [-0.1, -0.05) is 32.1 Å². The Morgan fingerprint density at radius 2 is 2.00 bits per heavy atom. The number of aliphatic hydroxyl groups excluding tert-OH is 1. The molecule has 19 heavy (non-hydrogen) atoms. The molecule has 1 heterocycles. The van der Waals surface area contributed by atoms with Crippen molar-refractivity contribution in [2.45, 2.75) is 39.7 Å². The number of aromatic nitrogens is 3. The van der Waals surface area contributed by atoms with Gasteiger partial charge in [0.15, 0.2) is 0 Å². The molecule has 1 aromatic carbocycles. The van der Waals surface area contributed by atoms with Crippen LogP contribution in [0.5, 0.6) is 0 Å². The Balaban J connectivity index is 2.62. The van der Waals surface area contributed by atoms with Gasteiger partial charge in [-0.15, -0.1) is 5.10 Å². The number of benzene rings is 1. The van der Waals surface area contributed by atoms with Gasteiger partial charge in [-0.3, -0.25) is 0 Å².